The Hall–Kier alpha value is -1.69. The van der Waals surface area contributed by atoms with Crippen LogP contribution in [-0.2, 0) is 6.54 Å². The molecular formula is C18H30N6. The predicted octanol–water partition coefficient (Wildman–Crippen LogP) is 2.90. The lowest BCUT2D eigenvalue weighted by Crippen LogP contribution is -2.34. The van der Waals surface area contributed by atoms with Gasteiger partial charge in [0.2, 0.25) is 0 Å². The van der Waals surface area contributed by atoms with Gasteiger partial charge in [0.25, 0.3) is 5.78 Å². The van der Waals surface area contributed by atoms with Crippen molar-refractivity contribution >= 4 is 11.6 Å². The fourth-order valence-electron chi connectivity index (χ4n) is 3.29. The summed E-state index contributed by atoms with van der Waals surface area (Å²) in [7, 11) is 2.13. The number of hydrogen-bond acceptors (Lipinski definition) is 5. The average molecular weight is 330 g/mol. The molecule has 0 N–H and O–H groups in total. The van der Waals surface area contributed by atoms with E-state index in [1.165, 1.54) is 25.7 Å². The van der Waals surface area contributed by atoms with Gasteiger partial charge in [-0.3, -0.25) is 4.90 Å². The van der Waals surface area contributed by atoms with E-state index in [-0.39, 0.29) is 0 Å². The number of anilines is 1. The topological polar surface area (TPSA) is 49.6 Å². The van der Waals surface area contributed by atoms with Gasteiger partial charge in [-0.15, -0.1) is 5.10 Å². The molecule has 132 valence electrons. The van der Waals surface area contributed by atoms with Crippen LogP contribution in [-0.4, -0.2) is 51.2 Å². The van der Waals surface area contributed by atoms with E-state index in [0.717, 1.165) is 55.2 Å². The Morgan fingerprint density at radius 3 is 2.71 bits per heavy atom. The molecule has 1 aliphatic heterocycles. The largest absolute Gasteiger partial charge is 0.356 e. The minimum absolute atomic E-state index is 0.725. The standard InChI is InChI=1S/C18H30N6/c1-5-6-9-22(4)13-16-20-18-19-15(3)12-17(24(18)21-16)23-10-7-14(2)8-11-23/h12,14H,5-11,13H2,1-4H3. The van der Waals surface area contributed by atoms with Crippen LogP contribution in [0.1, 0.15) is 51.0 Å². The van der Waals surface area contributed by atoms with E-state index >= 15 is 0 Å². The molecule has 0 saturated carbocycles. The van der Waals surface area contributed by atoms with Crippen LogP contribution in [0.3, 0.4) is 0 Å². The average Bonchev–Trinajstić information content (AvgIpc) is 2.95. The van der Waals surface area contributed by atoms with Crippen LogP contribution in [0.25, 0.3) is 5.78 Å². The van der Waals surface area contributed by atoms with E-state index < -0.39 is 0 Å². The lowest BCUT2D eigenvalue weighted by atomic mass is 9.99. The van der Waals surface area contributed by atoms with Crippen molar-refractivity contribution in [3.8, 4) is 0 Å². The lowest BCUT2D eigenvalue weighted by Gasteiger charge is -2.31. The van der Waals surface area contributed by atoms with Crippen LogP contribution in [0.15, 0.2) is 6.07 Å². The fourth-order valence-corrected chi connectivity index (χ4v) is 3.29. The van der Waals surface area contributed by atoms with Gasteiger partial charge in [0.1, 0.15) is 5.82 Å². The van der Waals surface area contributed by atoms with Gasteiger partial charge in [0.15, 0.2) is 5.82 Å². The van der Waals surface area contributed by atoms with Gasteiger partial charge in [-0.2, -0.15) is 9.50 Å². The molecule has 0 atom stereocenters. The van der Waals surface area contributed by atoms with Gasteiger partial charge in [-0.1, -0.05) is 20.3 Å². The predicted molar refractivity (Wildman–Crippen MR) is 97.4 cm³/mol. The molecule has 3 rings (SSSR count). The first-order valence-electron chi connectivity index (χ1n) is 9.23. The molecule has 2 aromatic heterocycles. The second kappa shape index (κ2) is 7.47. The number of piperidine rings is 1. The third-order valence-electron chi connectivity index (χ3n) is 4.88. The zero-order valence-corrected chi connectivity index (χ0v) is 15.5. The van der Waals surface area contributed by atoms with E-state index in [2.05, 4.69) is 46.7 Å². The number of aromatic nitrogens is 4. The van der Waals surface area contributed by atoms with Crippen LogP contribution in [0.2, 0.25) is 0 Å². The summed E-state index contributed by atoms with van der Waals surface area (Å²) in [6.45, 7) is 10.6. The first kappa shape index (κ1) is 17.1. The van der Waals surface area contributed by atoms with Crippen molar-refractivity contribution in [2.75, 3.05) is 31.6 Å². The van der Waals surface area contributed by atoms with Crippen molar-refractivity contribution < 1.29 is 0 Å². The highest BCUT2D eigenvalue weighted by atomic mass is 15.4. The van der Waals surface area contributed by atoms with Crippen molar-refractivity contribution in [2.45, 2.75) is 53.0 Å². The Bertz CT molecular complexity index is 671. The molecule has 0 aliphatic carbocycles. The van der Waals surface area contributed by atoms with Crippen LogP contribution in [0.5, 0.6) is 0 Å². The minimum Gasteiger partial charge on any atom is -0.356 e. The molecule has 1 aliphatic rings. The Labute approximate surface area is 144 Å². The Balaban J connectivity index is 1.84. The monoisotopic (exact) mass is 330 g/mol. The normalized spacial score (nSPS) is 16.5. The summed E-state index contributed by atoms with van der Waals surface area (Å²) in [4.78, 5) is 14.0. The molecule has 6 heteroatoms. The van der Waals surface area contributed by atoms with Crippen LogP contribution < -0.4 is 4.90 Å². The summed E-state index contributed by atoms with van der Waals surface area (Å²) in [6, 6.07) is 2.14. The molecule has 0 radical (unpaired) electrons. The molecule has 2 aromatic rings. The summed E-state index contributed by atoms with van der Waals surface area (Å²) in [5.41, 5.74) is 1.01. The quantitative estimate of drug-likeness (QED) is 0.815. The van der Waals surface area contributed by atoms with Crippen LogP contribution in [0.4, 0.5) is 5.82 Å². The highest BCUT2D eigenvalue weighted by molar-refractivity contribution is 5.48. The zero-order valence-electron chi connectivity index (χ0n) is 15.5. The molecule has 0 unspecified atom stereocenters. The summed E-state index contributed by atoms with van der Waals surface area (Å²) in [5.74, 6) is 3.54. The van der Waals surface area contributed by atoms with Crippen molar-refractivity contribution in [3.05, 3.63) is 17.6 Å². The third kappa shape index (κ3) is 3.86. The smallest absolute Gasteiger partial charge is 0.254 e. The minimum atomic E-state index is 0.725. The van der Waals surface area contributed by atoms with Crippen LogP contribution in [0, 0.1) is 12.8 Å². The number of unbranched alkanes of at least 4 members (excludes halogenated alkanes) is 1. The lowest BCUT2D eigenvalue weighted by molar-refractivity contribution is 0.313. The molecule has 0 spiro atoms. The van der Waals surface area contributed by atoms with Crippen molar-refractivity contribution in [2.24, 2.45) is 5.92 Å². The highest BCUT2D eigenvalue weighted by Gasteiger charge is 2.20. The molecule has 24 heavy (non-hydrogen) atoms. The maximum absolute atomic E-state index is 4.76. The number of fused-ring (bicyclic) bond motifs is 1. The molecule has 6 nitrogen and oxygen atoms in total. The molecule has 0 bridgehead atoms. The molecule has 0 aromatic carbocycles. The molecule has 3 heterocycles. The first-order valence-corrected chi connectivity index (χ1v) is 9.23. The molecule has 0 amide bonds. The maximum atomic E-state index is 4.76. The van der Waals surface area contributed by atoms with E-state index in [4.69, 9.17) is 5.10 Å². The Kier molecular flexibility index (Phi) is 5.33. The maximum Gasteiger partial charge on any atom is 0.254 e. The van der Waals surface area contributed by atoms with Gasteiger partial charge >= 0.3 is 0 Å². The van der Waals surface area contributed by atoms with E-state index in [9.17, 15) is 0 Å². The van der Waals surface area contributed by atoms with Crippen molar-refractivity contribution in [1.29, 1.82) is 0 Å². The Morgan fingerprint density at radius 2 is 2.00 bits per heavy atom. The second-order valence-electron chi connectivity index (χ2n) is 7.26. The van der Waals surface area contributed by atoms with E-state index in [0.29, 0.717) is 0 Å². The van der Waals surface area contributed by atoms with Gasteiger partial charge in [-0.05, 0) is 45.7 Å². The molecule has 1 saturated heterocycles. The van der Waals surface area contributed by atoms with Crippen molar-refractivity contribution in [1.82, 2.24) is 24.5 Å². The van der Waals surface area contributed by atoms with Crippen molar-refractivity contribution in [3.63, 3.8) is 0 Å². The third-order valence-corrected chi connectivity index (χ3v) is 4.88. The summed E-state index contributed by atoms with van der Waals surface area (Å²) in [5, 5.41) is 4.76. The van der Waals surface area contributed by atoms with Gasteiger partial charge in [-0.25, -0.2) is 4.98 Å². The summed E-state index contributed by atoms with van der Waals surface area (Å²) in [6.07, 6.45) is 4.90. The molecule has 1 fully saturated rings. The van der Waals surface area contributed by atoms with Gasteiger partial charge in [0.05, 0.1) is 6.54 Å². The number of aryl methyl sites for hydroxylation is 1. The first-order chi connectivity index (χ1) is 11.6. The van der Waals surface area contributed by atoms with E-state index in [1.54, 1.807) is 0 Å². The SMILES string of the molecule is CCCCN(C)Cc1nc2nc(C)cc(N3CCC(C)CC3)n2n1. The zero-order chi connectivity index (χ0) is 17.1. The fraction of sp³-hybridized carbons (Fsp3) is 0.722. The Morgan fingerprint density at radius 1 is 1.25 bits per heavy atom. The summed E-state index contributed by atoms with van der Waals surface area (Å²) < 4.78 is 1.94. The number of rotatable bonds is 6. The van der Waals surface area contributed by atoms with Gasteiger partial charge < -0.3 is 4.90 Å². The highest BCUT2D eigenvalue weighted by Crippen LogP contribution is 2.23. The molecular weight excluding hydrogens is 300 g/mol. The van der Waals surface area contributed by atoms with Gasteiger partial charge in [0, 0.05) is 24.8 Å². The number of hydrogen-bond donors (Lipinski definition) is 0. The second-order valence-corrected chi connectivity index (χ2v) is 7.26. The van der Waals surface area contributed by atoms with Crippen LogP contribution >= 0.6 is 0 Å². The number of nitrogens with zero attached hydrogens (tertiary/aromatic N) is 6. The van der Waals surface area contributed by atoms with E-state index in [1.807, 2.05) is 11.4 Å². The summed E-state index contributed by atoms with van der Waals surface area (Å²) >= 11 is 0.